The Labute approximate surface area is 225 Å². The third kappa shape index (κ3) is 4.92. The highest BCUT2D eigenvalue weighted by atomic mass is 127. The molecule has 0 aliphatic carbocycles. The SMILES string of the molecule is CCOC(=O)C1=C(C)N=c2s/c(=C\c3cc(I)c(O)c(OC)c3)c(=O)n2[C@H]1c1ccc(OCC)cc1. The van der Waals surface area contributed by atoms with E-state index in [4.69, 9.17) is 14.2 Å². The van der Waals surface area contributed by atoms with E-state index in [2.05, 4.69) is 4.99 Å². The zero-order valence-electron chi connectivity index (χ0n) is 20.2. The van der Waals surface area contributed by atoms with Crippen LogP contribution in [-0.4, -0.2) is 36.0 Å². The fraction of sp³-hybridized carbons (Fsp3) is 0.269. The van der Waals surface area contributed by atoms with E-state index in [0.717, 1.165) is 5.56 Å². The lowest BCUT2D eigenvalue weighted by Crippen LogP contribution is -2.39. The van der Waals surface area contributed by atoms with Crippen molar-refractivity contribution in [3.8, 4) is 17.2 Å². The van der Waals surface area contributed by atoms with Gasteiger partial charge in [-0.25, -0.2) is 9.79 Å². The fourth-order valence-corrected chi connectivity index (χ4v) is 5.68. The van der Waals surface area contributed by atoms with Crippen LogP contribution in [0.1, 0.15) is 37.9 Å². The number of aromatic hydroxyl groups is 1. The van der Waals surface area contributed by atoms with Gasteiger partial charge in [-0.2, -0.15) is 0 Å². The van der Waals surface area contributed by atoms with Gasteiger partial charge in [0, 0.05) is 0 Å². The van der Waals surface area contributed by atoms with E-state index in [-0.39, 0.29) is 17.9 Å². The van der Waals surface area contributed by atoms with Crippen LogP contribution in [0, 0.1) is 3.57 Å². The molecule has 36 heavy (non-hydrogen) atoms. The zero-order valence-corrected chi connectivity index (χ0v) is 23.2. The number of esters is 1. The molecule has 0 spiro atoms. The molecule has 8 nitrogen and oxygen atoms in total. The molecular weight excluding hydrogens is 595 g/mol. The van der Waals surface area contributed by atoms with Crippen LogP contribution < -0.4 is 24.4 Å². The highest BCUT2D eigenvalue weighted by Crippen LogP contribution is 2.33. The van der Waals surface area contributed by atoms with Gasteiger partial charge in [-0.1, -0.05) is 23.5 Å². The lowest BCUT2D eigenvalue weighted by molar-refractivity contribution is -0.139. The summed E-state index contributed by atoms with van der Waals surface area (Å²) in [6.45, 7) is 6.13. The number of aromatic nitrogens is 1. The van der Waals surface area contributed by atoms with E-state index < -0.39 is 12.0 Å². The van der Waals surface area contributed by atoms with E-state index in [1.807, 2.05) is 53.8 Å². The zero-order chi connectivity index (χ0) is 26.0. The van der Waals surface area contributed by atoms with Crippen molar-refractivity contribution in [3.05, 3.63) is 82.1 Å². The average molecular weight is 620 g/mol. The lowest BCUT2D eigenvalue weighted by Gasteiger charge is -2.24. The van der Waals surface area contributed by atoms with Crippen molar-refractivity contribution in [2.75, 3.05) is 20.3 Å². The standard InChI is InChI=1S/C26H25IN2O6S/c1-5-34-17-9-7-16(8-10-17)22-21(25(32)35-6-2)14(3)28-26-29(22)24(31)20(36-26)13-15-11-18(27)23(30)19(12-15)33-4/h7-13,22,30H,5-6H2,1-4H3/b20-13-/t22-/m0/s1. The van der Waals surface area contributed by atoms with E-state index in [9.17, 15) is 14.7 Å². The van der Waals surface area contributed by atoms with Gasteiger partial charge in [0.25, 0.3) is 5.56 Å². The number of phenols is 1. The van der Waals surface area contributed by atoms with Crippen LogP contribution in [0.2, 0.25) is 0 Å². The summed E-state index contributed by atoms with van der Waals surface area (Å²) in [5, 5.41) is 10.2. The molecule has 3 aromatic rings. The molecule has 1 aliphatic heterocycles. The topological polar surface area (TPSA) is 99.4 Å². The van der Waals surface area contributed by atoms with Crippen LogP contribution in [-0.2, 0) is 9.53 Å². The second kappa shape index (κ2) is 10.9. The number of allylic oxidation sites excluding steroid dienone is 1. The summed E-state index contributed by atoms with van der Waals surface area (Å²) in [6, 6.07) is 10.0. The first-order valence-corrected chi connectivity index (χ1v) is 13.2. The number of fused-ring (bicyclic) bond motifs is 1. The second-order valence-electron chi connectivity index (χ2n) is 7.86. The number of methoxy groups -OCH3 is 1. The third-order valence-electron chi connectivity index (χ3n) is 5.59. The predicted octanol–water partition coefficient (Wildman–Crippen LogP) is 3.52. The Bertz CT molecular complexity index is 1520. The minimum atomic E-state index is -0.701. The maximum absolute atomic E-state index is 13.7. The maximum atomic E-state index is 13.7. The molecule has 4 rings (SSSR count). The van der Waals surface area contributed by atoms with Crippen LogP contribution in [0.15, 0.2) is 57.5 Å². The molecule has 0 amide bonds. The number of hydrogen-bond acceptors (Lipinski definition) is 8. The Morgan fingerprint density at radius 3 is 2.58 bits per heavy atom. The van der Waals surface area contributed by atoms with Crippen molar-refractivity contribution in [1.29, 1.82) is 0 Å². The number of rotatable bonds is 7. The Kier molecular flexibility index (Phi) is 7.84. The summed E-state index contributed by atoms with van der Waals surface area (Å²) in [5.74, 6) is 0.545. The van der Waals surface area contributed by atoms with Crippen molar-refractivity contribution in [1.82, 2.24) is 4.57 Å². The summed E-state index contributed by atoms with van der Waals surface area (Å²) >= 11 is 3.24. The second-order valence-corrected chi connectivity index (χ2v) is 10.0. The molecule has 1 N–H and O–H groups in total. The van der Waals surface area contributed by atoms with Crippen molar-refractivity contribution < 1.29 is 24.1 Å². The average Bonchev–Trinajstić information content (AvgIpc) is 3.15. The molecule has 0 saturated heterocycles. The summed E-state index contributed by atoms with van der Waals surface area (Å²) in [6.07, 6.45) is 1.73. The van der Waals surface area contributed by atoms with Gasteiger partial charge in [-0.3, -0.25) is 9.36 Å². The Hall–Kier alpha value is -3.12. The monoisotopic (exact) mass is 620 g/mol. The first-order valence-electron chi connectivity index (χ1n) is 11.3. The highest BCUT2D eigenvalue weighted by Gasteiger charge is 2.33. The lowest BCUT2D eigenvalue weighted by atomic mass is 9.96. The number of thiazole rings is 1. The molecule has 2 aromatic carbocycles. The Balaban J connectivity index is 1.92. The van der Waals surface area contributed by atoms with Crippen molar-refractivity contribution in [2.45, 2.75) is 26.8 Å². The van der Waals surface area contributed by atoms with E-state index in [1.165, 1.54) is 23.0 Å². The van der Waals surface area contributed by atoms with Gasteiger partial charge in [-0.05, 0) is 84.8 Å². The molecule has 0 fully saturated rings. The number of carbonyl (C=O) groups is 1. The van der Waals surface area contributed by atoms with Crippen LogP contribution in [0.4, 0.5) is 0 Å². The first-order chi connectivity index (χ1) is 17.3. The number of benzene rings is 2. The largest absolute Gasteiger partial charge is 0.504 e. The molecular formula is C26H25IN2O6S. The smallest absolute Gasteiger partial charge is 0.338 e. The van der Waals surface area contributed by atoms with Gasteiger partial charge in [0.05, 0.1) is 45.7 Å². The quantitative estimate of drug-likeness (QED) is 0.321. The molecule has 1 atom stereocenters. The van der Waals surface area contributed by atoms with E-state index in [0.29, 0.717) is 47.8 Å². The first kappa shape index (κ1) is 26.0. The Morgan fingerprint density at radius 2 is 1.94 bits per heavy atom. The normalized spacial score (nSPS) is 15.4. The van der Waals surface area contributed by atoms with Gasteiger partial charge >= 0.3 is 5.97 Å². The van der Waals surface area contributed by atoms with Gasteiger partial charge in [0.2, 0.25) is 0 Å². The number of nitrogens with zero attached hydrogens (tertiary/aromatic N) is 2. The van der Waals surface area contributed by atoms with Crippen molar-refractivity contribution >= 4 is 46.0 Å². The van der Waals surface area contributed by atoms with Gasteiger partial charge in [0.15, 0.2) is 16.3 Å². The van der Waals surface area contributed by atoms with Crippen LogP contribution in [0.25, 0.3) is 6.08 Å². The molecule has 10 heteroatoms. The molecule has 1 aliphatic rings. The third-order valence-corrected chi connectivity index (χ3v) is 7.40. The summed E-state index contributed by atoms with van der Waals surface area (Å²) in [7, 11) is 1.47. The number of carbonyl (C=O) groups excluding carboxylic acids is 1. The minimum absolute atomic E-state index is 0.0434. The van der Waals surface area contributed by atoms with E-state index in [1.54, 1.807) is 32.1 Å². The highest BCUT2D eigenvalue weighted by molar-refractivity contribution is 14.1. The van der Waals surface area contributed by atoms with Gasteiger partial charge in [-0.15, -0.1) is 0 Å². The number of hydrogen-bond donors (Lipinski definition) is 1. The minimum Gasteiger partial charge on any atom is -0.504 e. The number of phenolic OH excluding ortho intramolecular Hbond substituents is 1. The molecule has 188 valence electrons. The molecule has 0 bridgehead atoms. The molecule has 1 aromatic heterocycles. The maximum Gasteiger partial charge on any atom is 0.338 e. The predicted molar refractivity (Wildman–Crippen MR) is 145 cm³/mol. The summed E-state index contributed by atoms with van der Waals surface area (Å²) in [4.78, 5) is 31.8. The number of halogens is 1. The Morgan fingerprint density at radius 1 is 1.22 bits per heavy atom. The van der Waals surface area contributed by atoms with Crippen LogP contribution >= 0.6 is 33.9 Å². The van der Waals surface area contributed by atoms with Crippen molar-refractivity contribution in [3.63, 3.8) is 0 Å². The summed E-state index contributed by atoms with van der Waals surface area (Å²) in [5.41, 5.74) is 1.97. The molecule has 0 unspecified atom stereocenters. The van der Waals surface area contributed by atoms with Crippen LogP contribution in [0.5, 0.6) is 17.2 Å². The molecule has 0 radical (unpaired) electrons. The number of ether oxygens (including phenoxy) is 3. The fourth-order valence-electron chi connectivity index (χ4n) is 4.00. The summed E-state index contributed by atoms with van der Waals surface area (Å²) < 4.78 is 18.7. The molecule has 0 saturated carbocycles. The van der Waals surface area contributed by atoms with Gasteiger partial charge < -0.3 is 19.3 Å². The van der Waals surface area contributed by atoms with Gasteiger partial charge in [0.1, 0.15) is 5.75 Å². The molecule has 2 heterocycles. The van der Waals surface area contributed by atoms with E-state index >= 15 is 0 Å². The van der Waals surface area contributed by atoms with Crippen LogP contribution in [0.3, 0.4) is 0 Å². The van der Waals surface area contributed by atoms with Crippen molar-refractivity contribution in [2.24, 2.45) is 4.99 Å².